The summed E-state index contributed by atoms with van der Waals surface area (Å²) in [4.78, 5) is 8.99. The van der Waals surface area contributed by atoms with E-state index in [4.69, 9.17) is 11.6 Å². The third-order valence-electron chi connectivity index (χ3n) is 5.38. The summed E-state index contributed by atoms with van der Waals surface area (Å²) in [5.41, 5.74) is -3.43. The predicted molar refractivity (Wildman–Crippen MR) is 103 cm³/mol. The van der Waals surface area contributed by atoms with E-state index in [0.717, 1.165) is 18.5 Å². The molecule has 1 fully saturated rings. The minimum absolute atomic E-state index is 0.237. The van der Waals surface area contributed by atoms with Crippen LogP contribution in [0.2, 0.25) is 5.02 Å². The minimum atomic E-state index is -5.47. The molecule has 1 unspecified atom stereocenters. The molecule has 0 spiro atoms. The van der Waals surface area contributed by atoms with Crippen LogP contribution in [0.4, 0.5) is 18.9 Å². The zero-order valence-corrected chi connectivity index (χ0v) is 16.9. The number of aromatic amines is 1. The van der Waals surface area contributed by atoms with Crippen LogP contribution in [0.15, 0.2) is 30.7 Å². The average Bonchev–Trinajstić information content (AvgIpc) is 3.33. The number of nitrogens with zero attached hydrogens (tertiary/aromatic N) is 3. The molecule has 11 heteroatoms. The van der Waals surface area contributed by atoms with Crippen LogP contribution in [0.5, 0.6) is 0 Å². The Labute approximate surface area is 171 Å². The van der Waals surface area contributed by atoms with Crippen molar-refractivity contribution in [3.05, 3.63) is 47.0 Å². The van der Waals surface area contributed by atoms with Crippen LogP contribution in [0, 0.1) is 5.92 Å². The largest absolute Gasteiger partial charge is 0.511 e. The van der Waals surface area contributed by atoms with E-state index in [1.165, 1.54) is 12.4 Å². The number of benzene rings is 1. The van der Waals surface area contributed by atoms with Crippen LogP contribution in [0.25, 0.3) is 0 Å². The van der Waals surface area contributed by atoms with Gasteiger partial charge >= 0.3 is 15.5 Å². The van der Waals surface area contributed by atoms with Crippen molar-refractivity contribution < 1.29 is 21.6 Å². The normalized spacial score (nSPS) is 21.1. The molecule has 158 valence electrons. The quantitative estimate of drug-likeness (QED) is 0.753. The molecule has 1 N–H and O–H groups in total. The summed E-state index contributed by atoms with van der Waals surface area (Å²) >= 11 is 6.08. The van der Waals surface area contributed by atoms with Crippen molar-refractivity contribution >= 4 is 27.3 Å². The molecular formula is C18H20ClF3N4O2S. The second kappa shape index (κ2) is 7.48. The molecule has 1 aliphatic carbocycles. The second-order valence-electron chi connectivity index (χ2n) is 7.55. The fourth-order valence-electron chi connectivity index (χ4n) is 3.78. The number of anilines is 1. The minimum Gasteiger partial charge on any atom is -0.361 e. The van der Waals surface area contributed by atoms with Crippen LogP contribution < -0.4 is 4.90 Å². The van der Waals surface area contributed by atoms with Crippen LogP contribution in [-0.4, -0.2) is 40.8 Å². The number of alkyl halides is 3. The van der Waals surface area contributed by atoms with Gasteiger partial charge in [0.25, 0.3) is 0 Å². The summed E-state index contributed by atoms with van der Waals surface area (Å²) in [6.07, 6.45) is 5.83. The molecule has 0 saturated heterocycles. The first-order valence-electron chi connectivity index (χ1n) is 9.24. The highest BCUT2D eigenvalue weighted by Crippen LogP contribution is 2.40. The summed E-state index contributed by atoms with van der Waals surface area (Å²) in [5.74, 6) is 0.397. The third kappa shape index (κ3) is 4.24. The van der Waals surface area contributed by atoms with Gasteiger partial charge in [-0.15, -0.1) is 0 Å². The van der Waals surface area contributed by atoms with Gasteiger partial charge in [0.05, 0.1) is 18.6 Å². The molecule has 2 aliphatic rings. The molecule has 1 atom stereocenters. The highest BCUT2D eigenvalue weighted by atomic mass is 35.5. The first-order chi connectivity index (χ1) is 13.6. The summed E-state index contributed by atoms with van der Waals surface area (Å²) in [6, 6.07) is 4.56. The van der Waals surface area contributed by atoms with E-state index in [0.29, 0.717) is 39.5 Å². The molecule has 6 nitrogen and oxygen atoms in total. The van der Waals surface area contributed by atoms with Crippen molar-refractivity contribution in [1.29, 1.82) is 0 Å². The predicted octanol–water partition coefficient (Wildman–Crippen LogP) is 3.90. The van der Waals surface area contributed by atoms with E-state index in [-0.39, 0.29) is 13.1 Å². The number of fused-ring (bicyclic) bond motifs is 1. The second-order valence-corrected chi connectivity index (χ2v) is 9.92. The summed E-state index contributed by atoms with van der Waals surface area (Å²) in [6.45, 7) is -0.233. The Morgan fingerprint density at radius 3 is 2.66 bits per heavy atom. The molecular weight excluding hydrogens is 429 g/mol. The Kier molecular flexibility index (Phi) is 5.28. The number of hydrogen-bond acceptors (Lipinski definition) is 4. The third-order valence-corrected chi connectivity index (χ3v) is 7.16. The smallest absolute Gasteiger partial charge is 0.361 e. The summed E-state index contributed by atoms with van der Waals surface area (Å²) in [5, 5.41) is 0.343. The number of nitrogens with one attached hydrogen (secondary N) is 1. The van der Waals surface area contributed by atoms with Crippen LogP contribution >= 0.6 is 11.6 Å². The molecule has 29 heavy (non-hydrogen) atoms. The Bertz CT molecular complexity index is 977. The van der Waals surface area contributed by atoms with Crippen molar-refractivity contribution in [2.24, 2.45) is 5.92 Å². The highest BCUT2D eigenvalue weighted by molar-refractivity contribution is 7.89. The number of rotatable bonds is 5. The summed E-state index contributed by atoms with van der Waals surface area (Å²) in [7, 11) is -5.47. The number of aromatic nitrogens is 2. The van der Waals surface area contributed by atoms with E-state index in [9.17, 15) is 21.6 Å². The Morgan fingerprint density at radius 1 is 1.28 bits per heavy atom. The fourth-order valence-corrected chi connectivity index (χ4v) is 4.95. The number of halogens is 4. The van der Waals surface area contributed by atoms with Gasteiger partial charge in [-0.1, -0.05) is 24.4 Å². The molecule has 1 aromatic heterocycles. The Hall–Kier alpha value is -1.78. The maximum atomic E-state index is 13.3. The molecule has 1 aliphatic heterocycles. The number of H-pyrrole nitrogens is 1. The van der Waals surface area contributed by atoms with Crippen molar-refractivity contribution in [2.75, 3.05) is 11.4 Å². The van der Waals surface area contributed by atoms with Gasteiger partial charge in [0.2, 0.25) is 0 Å². The van der Waals surface area contributed by atoms with Gasteiger partial charge in [-0.05, 0) is 36.1 Å². The fraction of sp³-hybridized carbons (Fsp3) is 0.500. The SMILES string of the molecule is O=S(=O)(N1Cc2cc(Cl)ccc2N(Cc2cnc[nH]2)C(CC2CC2)C1)C(F)(F)F. The van der Waals surface area contributed by atoms with Gasteiger partial charge < -0.3 is 9.88 Å². The molecule has 2 heterocycles. The lowest BCUT2D eigenvalue weighted by Gasteiger charge is -2.34. The number of hydrogen-bond donors (Lipinski definition) is 1. The van der Waals surface area contributed by atoms with Crippen LogP contribution in [-0.2, 0) is 23.1 Å². The molecule has 0 amide bonds. The number of sulfonamides is 1. The zero-order chi connectivity index (χ0) is 20.8. The van der Waals surface area contributed by atoms with Gasteiger partial charge in [-0.25, -0.2) is 13.4 Å². The van der Waals surface area contributed by atoms with E-state index in [1.54, 1.807) is 18.3 Å². The van der Waals surface area contributed by atoms with Crippen LogP contribution in [0.3, 0.4) is 0 Å². The lowest BCUT2D eigenvalue weighted by molar-refractivity contribution is -0.0492. The van der Waals surface area contributed by atoms with Gasteiger partial charge in [-0.2, -0.15) is 17.5 Å². The van der Waals surface area contributed by atoms with Gasteiger partial charge in [0.15, 0.2) is 0 Å². The van der Waals surface area contributed by atoms with E-state index in [2.05, 4.69) is 9.97 Å². The first kappa shape index (κ1) is 20.5. The van der Waals surface area contributed by atoms with Crippen LogP contribution in [0.1, 0.15) is 30.5 Å². The highest BCUT2D eigenvalue weighted by Gasteiger charge is 2.51. The van der Waals surface area contributed by atoms with Crippen molar-refractivity contribution in [3.63, 3.8) is 0 Å². The van der Waals surface area contributed by atoms with E-state index < -0.39 is 21.6 Å². The van der Waals surface area contributed by atoms with Gasteiger partial charge in [0.1, 0.15) is 0 Å². The lowest BCUT2D eigenvalue weighted by Crippen LogP contribution is -2.47. The molecule has 1 saturated carbocycles. The standard InChI is InChI=1S/C18H20ClF3N4O2S/c19-14-3-4-17-13(6-14)8-25(29(27,28)18(20,21)22)10-16(5-12-1-2-12)26(17)9-15-7-23-11-24-15/h3-4,6-7,11-12,16H,1-2,5,8-10H2,(H,23,24). The Morgan fingerprint density at radius 2 is 2.03 bits per heavy atom. The van der Waals surface area contributed by atoms with Crippen molar-refractivity contribution in [1.82, 2.24) is 14.3 Å². The zero-order valence-electron chi connectivity index (χ0n) is 15.4. The molecule has 0 radical (unpaired) electrons. The maximum Gasteiger partial charge on any atom is 0.511 e. The lowest BCUT2D eigenvalue weighted by atomic mass is 10.1. The topological polar surface area (TPSA) is 69.3 Å². The van der Waals surface area contributed by atoms with E-state index in [1.807, 2.05) is 4.90 Å². The maximum absolute atomic E-state index is 13.3. The number of imidazole rings is 1. The van der Waals surface area contributed by atoms with Crippen molar-refractivity contribution in [2.45, 2.75) is 43.9 Å². The summed E-state index contributed by atoms with van der Waals surface area (Å²) < 4.78 is 65.0. The van der Waals surface area contributed by atoms with Gasteiger partial charge in [-0.3, -0.25) is 0 Å². The van der Waals surface area contributed by atoms with Gasteiger partial charge in [0, 0.05) is 36.0 Å². The molecule has 4 rings (SSSR count). The average molecular weight is 449 g/mol. The monoisotopic (exact) mass is 448 g/mol. The van der Waals surface area contributed by atoms with Crippen molar-refractivity contribution in [3.8, 4) is 0 Å². The molecule has 2 aromatic rings. The molecule has 1 aromatic carbocycles. The first-order valence-corrected chi connectivity index (χ1v) is 11.1. The van der Waals surface area contributed by atoms with E-state index >= 15 is 0 Å². The molecule has 0 bridgehead atoms. The Balaban J connectivity index is 1.78.